The topological polar surface area (TPSA) is 43.4 Å². The van der Waals surface area contributed by atoms with Crippen LogP contribution in [-0.4, -0.2) is 18.7 Å². The summed E-state index contributed by atoms with van der Waals surface area (Å²) in [7, 11) is 1.59. The predicted octanol–water partition coefficient (Wildman–Crippen LogP) is 2.63. The first kappa shape index (κ1) is 10.7. The number of methoxy groups -OCH3 is 1. The number of allylic oxidation sites excluding steroid dienone is 1. The molecule has 0 aromatic heterocycles. The lowest BCUT2D eigenvalue weighted by atomic mass is 9.92. The van der Waals surface area contributed by atoms with Crippen molar-refractivity contribution in [1.82, 2.24) is 0 Å². The van der Waals surface area contributed by atoms with Crippen LogP contribution in [0.2, 0.25) is 0 Å². The van der Waals surface area contributed by atoms with Crippen molar-refractivity contribution in [3.05, 3.63) is 47.5 Å². The molecule has 1 aliphatic carbocycles. The van der Waals surface area contributed by atoms with Gasteiger partial charge in [0, 0.05) is 5.56 Å². The van der Waals surface area contributed by atoms with Crippen LogP contribution < -0.4 is 4.74 Å². The number of rotatable bonds is 1. The molecule has 0 spiro atoms. The van der Waals surface area contributed by atoms with Crippen LogP contribution in [0.15, 0.2) is 36.4 Å². The molecule has 1 aliphatic rings. The molecular weight excluding hydrogens is 228 g/mol. The second-order valence-electron chi connectivity index (χ2n) is 4.18. The van der Waals surface area contributed by atoms with E-state index in [1.165, 1.54) is 6.08 Å². The van der Waals surface area contributed by atoms with E-state index in [0.717, 1.165) is 22.1 Å². The van der Waals surface area contributed by atoms with E-state index in [1.807, 2.05) is 24.3 Å². The van der Waals surface area contributed by atoms with E-state index in [4.69, 9.17) is 4.74 Å². The largest absolute Gasteiger partial charge is 0.497 e. The molecule has 0 unspecified atom stereocenters. The van der Waals surface area contributed by atoms with Crippen molar-refractivity contribution in [2.45, 2.75) is 0 Å². The maximum atomic E-state index is 11.8. The molecule has 88 valence electrons. The summed E-state index contributed by atoms with van der Waals surface area (Å²) in [5.74, 6) is -0.186. The van der Waals surface area contributed by atoms with Crippen molar-refractivity contribution in [2.75, 3.05) is 7.11 Å². The van der Waals surface area contributed by atoms with Crippen molar-refractivity contribution in [3.8, 4) is 5.75 Å². The normalized spacial score (nSPS) is 13.8. The molecule has 3 nitrogen and oxygen atoms in total. The van der Waals surface area contributed by atoms with Crippen molar-refractivity contribution in [1.29, 1.82) is 0 Å². The standard InChI is InChI=1S/C15H10O3/c1-18-12-4-2-9-6-10-3-5-14(16)15(17)13(10)8-11(9)7-12/h2-8H,1H3. The Bertz CT molecular complexity index is 711. The maximum absolute atomic E-state index is 11.8. The van der Waals surface area contributed by atoms with Crippen LogP contribution in [0.4, 0.5) is 0 Å². The number of ketones is 2. The van der Waals surface area contributed by atoms with E-state index < -0.39 is 11.6 Å². The summed E-state index contributed by atoms with van der Waals surface area (Å²) in [6, 6.07) is 9.31. The maximum Gasteiger partial charge on any atom is 0.233 e. The molecular formula is C15H10O3. The van der Waals surface area contributed by atoms with Crippen LogP contribution in [0.25, 0.3) is 16.8 Å². The lowest BCUT2D eigenvalue weighted by Gasteiger charge is -2.10. The molecule has 0 bridgehead atoms. The van der Waals surface area contributed by atoms with Crippen LogP contribution in [0.3, 0.4) is 0 Å². The molecule has 2 aromatic rings. The van der Waals surface area contributed by atoms with E-state index in [9.17, 15) is 9.59 Å². The van der Waals surface area contributed by atoms with E-state index in [2.05, 4.69) is 0 Å². The Balaban J connectivity index is 2.29. The van der Waals surface area contributed by atoms with Gasteiger partial charge in [0.1, 0.15) is 5.75 Å². The summed E-state index contributed by atoms with van der Waals surface area (Å²) >= 11 is 0. The Labute approximate surface area is 104 Å². The second-order valence-corrected chi connectivity index (χ2v) is 4.18. The van der Waals surface area contributed by atoms with Crippen LogP contribution in [0.5, 0.6) is 5.75 Å². The number of hydrogen-bond acceptors (Lipinski definition) is 3. The third-order valence-electron chi connectivity index (χ3n) is 3.10. The van der Waals surface area contributed by atoms with Gasteiger partial charge < -0.3 is 4.74 Å². The first-order valence-corrected chi connectivity index (χ1v) is 5.57. The van der Waals surface area contributed by atoms with Gasteiger partial charge in [0.2, 0.25) is 11.6 Å². The van der Waals surface area contributed by atoms with E-state index in [1.54, 1.807) is 19.3 Å². The molecule has 3 rings (SSSR count). The van der Waals surface area contributed by atoms with Gasteiger partial charge in [-0.2, -0.15) is 0 Å². The third kappa shape index (κ3) is 1.52. The first-order chi connectivity index (χ1) is 8.69. The van der Waals surface area contributed by atoms with Gasteiger partial charge in [0.05, 0.1) is 7.11 Å². The highest BCUT2D eigenvalue weighted by Gasteiger charge is 2.21. The lowest BCUT2D eigenvalue weighted by Crippen LogP contribution is -2.15. The van der Waals surface area contributed by atoms with Gasteiger partial charge in [0.15, 0.2) is 0 Å². The fourth-order valence-electron chi connectivity index (χ4n) is 2.13. The number of benzene rings is 2. The zero-order valence-corrected chi connectivity index (χ0v) is 9.77. The lowest BCUT2D eigenvalue weighted by molar-refractivity contribution is -0.110. The fraction of sp³-hybridized carbons (Fsp3) is 0.0667. The molecule has 0 radical (unpaired) electrons. The number of fused-ring (bicyclic) bond motifs is 2. The molecule has 0 amide bonds. The van der Waals surface area contributed by atoms with Crippen LogP contribution in [0.1, 0.15) is 15.9 Å². The van der Waals surface area contributed by atoms with Gasteiger partial charge in [-0.05, 0) is 46.7 Å². The second kappa shape index (κ2) is 3.81. The Hall–Kier alpha value is -2.42. The van der Waals surface area contributed by atoms with Gasteiger partial charge in [0.25, 0.3) is 0 Å². The number of carbonyl (C=O) groups excluding carboxylic acids is 2. The molecule has 3 heteroatoms. The summed E-state index contributed by atoms with van der Waals surface area (Å²) in [5, 5.41) is 1.91. The van der Waals surface area contributed by atoms with Crippen molar-refractivity contribution in [2.24, 2.45) is 0 Å². The summed E-state index contributed by atoms with van der Waals surface area (Å²) in [6.07, 6.45) is 3.00. The average Bonchev–Trinajstić information content (AvgIpc) is 2.41. The SMILES string of the molecule is COc1ccc2cc3c(cc2c1)C(=O)C(=O)C=C3. The van der Waals surface area contributed by atoms with Gasteiger partial charge in [-0.15, -0.1) is 0 Å². The monoisotopic (exact) mass is 238 g/mol. The van der Waals surface area contributed by atoms with Gasteiger partial charge >= 0.3 is 0 Å². The Morgan fingerprint density at radius 2 is 1.78 bits per heavy atom. The average molecular weight is 238 g/mol. The summed E-state index contributed by atoms with van der Waals surface area (Å²) in [4.78, 5) is 23.1. The van der Waals surface area contributed by atoms with Crippen LogP contribution in [0, 0.1) is 0 Å². The predicted molar refractivity (Wildman–Crippen MR) is 68.9 cm³/mol. The number of Topliss-reactive ketones (excluding diaryl/α,β-unsaturated/α-hetero) is 1. The highest BCUT2D eigenvalue weighted by atomic mass is 16.5. The minimum atomic E-state index is -0.468. The minimum absolute atomic E-state index is 0.447. The molecule has 18 heavy (non-hydrogen) atoms. The summed E-state index contributed by atoms with van der Waals surface area (Å²) in [6.45, 7) is 0. The van der Waals surface area contributed by atoms with Crippen LogP contribution in [-0.2, 0) is 4.79 Å². The molecule has 0 aliphatic heterocycles. The number of hydrogen-bond donors (Lipinski definition) is 0. The highest BCUT2D eigenvalue weighted by molar-refractivity contribution is 6.50. The summed E-state index contributed by atoms with van der Waals surface area (Å²) < 4.78 is 5.15. The number of ether oxygens (including phenoxy) is 1. The van der Waals surface area contributed by atoms with Gasteiger partial charge in [-0.1, -0.05) is 12.1 Å². The molecule has 2 aromatic carbocycles. The molecule has 0 heterocycles. The van der Waals surface area contributed by atoms with Gasteiger partial charge in [-0.3, -0.25) is 9.59 Å². The minimum Gasteiger partial charge on any atom is -0.497 e. The zero-order chi connectivity index (χ0) is 12.7. The molecule has 0 N–H and O–H groups in total. The van der Waals surface area contributed by atoms with E-state index >= 15 is 0 Å². The number of carbonyl (C=O) groups is 2. The van der Waals surface area contributed by atoms with E-state index in [0.29, 0.717) is 5.56 Å². The van der Waals surface area contributed by atoms with E-state index in [-0.39, 0.29) is 0 Å². The zero-order valence-electron chi connectivity index (χ0n) is 9.77. The van der Waals surface area contributed by atoms with Crippen molar-refractivity contribution >= 4 is 28.4 Å². The Morgan fingerprint density at radius 3 is 2.56 bits per heavy atom. The first-order valence-electron chi connectivity index (χ1n) is 5.57. The molecule has 0 fully saturated rings. The smallest absolute Gasteiger partial charge is 0.233 e. The summed E-state index contributed by atoms with van der Waals surface area (Å²) in [5.41, 5.74) is 1.25. The molecule has 0 saturated carbocycles. The van der Waals surface area contributed by atoms with Crippen molar-refractivity contribution < 1.29 is 14.3 Å². The van der Waals surface area contributed by atoms with Gasteiger partial charge in [-0.25, -0.2) is 0 Å². The Kier molecular flexibility index (Phi) is 2.27. The van der Waals surface area contributed by atoms with Crippen molar-refractivity contribution in [3.63, 3.8) is 0 Å². The van der Waals surface area contributed by atoms with Crippen LogP contribution >= 0.6 is 0 Å². The fourth-order valence-corrected chi connectivity index (χ4v) is 2.13. The Morgan fingerprint density at radius 1 is 0.944 bits per heavy atom. The molecule has 0 atom stereocenters. The molecule has 0 saturated heterocycles. The highest BCUT2D eigenvalue weighted by Crippen LogP contribution is 2.27. The quantitative estimate of drug-likeness (QED) is 0.717. The third-order valence-corrected chi connectivity index (χ3v) is 3.10.